The number of aliphatic hydroxyl groups excluding tert-OH is 1. The summed E-state index contributed by atoms with van der Waals surface area (Å²) in [5.74, 6) is 0.260. The fourth-order valence-corrected chi connectivity index (χ4v) is 6.22. The number of rotatable bonds is 11. The molecule has 1 aromatic carbocycles. The van der Waals surface area contributed by atoms with Crippen molar-refractivity contribution in [2.24, 2.45) is 0 Å². The van der Waals surface area contributed by atoms with Crippen molar-refractivity contribution >= 4 is 46.0 Å². The van der Waals surface area contributed by atoms with E-state index in [2.05, 4.69) is 15.3 Å². The van der Waals surface area contributed by atoms with E-state index >= 15 is 0 Å². The Labute approximate surface area is 201 Å². The molecule has 0 aliphatic heterocycles. The zero-order valence-corrected chi connectivity index (χ0v) is 21.5. The van der Waals surface area contributed by atoms with E-state index in [0.29, 0.717) is 33.6 Å². The van der Waals surface area contributed by atoms with Crippen LogP contribution in [0.3, 0.4) is 0 Å². The normalized spacial score (nSPS) is 12.9. The standard InChI is InChI=1S/C21H28ClN4O5PS/c1-5-30-32(29,31-6-2)14(4)18-24-20(28)17-19(25-21(33-17)23-10-11-27)26(18)12-15-8-7-9-16(22)13(15)3/h7-9,14,27H,5-6,10-12H2,1-4H3,(H,23,25). The van der Waals surface area contributed by atoms with E-state index in [9.17, 15) is 9.36 Å². The van der Waals surface area contributed by atoms with Gasteiger partial charge in [-0.3, -0.25) is 9.36 Å². The summed E-state index contributed by atoms with van der Waals surface area (Å²) in [6, 6.07) is 5.59. The van der Waals surface area contributed by atoms with Crippen LogP contribution in [0, 0.1) is 6.92 Å². The molecule has 9 nitrogen and oxygen atoms in total. The molecule has 12 heteroatoms. The summed E-state index contributed by atoms with van der Waals surface area (Å²) in [4.78, 5) is 21.8. The van der Waals surface area contributed by atoms with Gasteiger partial charge in [0.1, 0.15) is 16.2 Å². The molecule has 0 amide bonds. The van der Waals surface area contributed by atoms with Gasteiger partial charge in [0.05, 0.1) is 26.4 Å². The van der Waals surface area contributed by atoms with Crippen LogP contribution in [0.2, 0.25) is 5.02 Å². The van der Waals surface area contributed by atoms with E-state index in [1.165, 1.54) is 0 Å². The fourth-order valence-electron chi connectivity index (χ4n) is 3.43. The van der Waals surface area contributed by atoms with Crippen LogP contribution in [0.5, 0.6) is 0 Å². The maximum atomic E-state index is 13.6. The Morgan fingerprint density at radius 2 is 1.97 bits per heavy atom. The molecule has 3 rings (SSSR count). The molecular weight excluding hydrogens is 487 g/mol. The van der Waals surface area contributed by atoms with Gasteiger partial charge in [-0.25, -0.2) is 4.98 Å². The molecule has 2 N–H and O–H groups in total. The molecule has 0 spiro atoms. The molecule has 180 valence electrons. The molecule has 0 aliphatic rings. The van der Waals surface area contributed by atoms with E-state index in [1.54, 1.807) is 31.4 Å². The van der Waals surface area contributed by atoms with Crippen LogP contribution in [0.15, 0.2) is 23.0 Å². The molecule has 2 heterocycles. The zero-order chi connectivity index (χ0) is 24.2. The summed E-state index contributed by atoms with van der Waals surface area (Å²) in [5.41, 5.74) is 0.908. The van der Waals surface area contributed by atoms with Gasteiger partial charge in [0, 0.05) is 11.6 Å². The van der Waals surface area contributed by atoms with Gasteiger partial charge in [-0.2, -0.15) is 4.98 Å². The number of hydrogen-bond donors (Lipinski definition) is 2. The number of thiazole rings is 1. The highest BCUT2D eigenvalue weighted by Gasteiger charge is 2.37. The Bertz CT molecular complexity index is 1220. The SMILES string of the molecule is CCOP(=O)(OCC)C(C)c1nc(=O)c2sc(NCCO)nc2n1Cc1cccc(Cl)c1C. The molecule has 0 radical (unpaired) electrons. The van der Waals surface area contributed by atoms with Crippen LogP contribution in [0.25, 0.3) is 10.3 Å². The Balaban J connectivity index is 2.25. The van der Waals surface area contributed by atoms with Gasteiger partial charge in [-0.15, -0.1) is 0 Å². The zero-order valence-electron chi connectivity index (χ0n) is 19.0. The fraction of sp³-hybridized carbons (Fsp3) is 0.476. The van der Waals surface area contributed by atoms with Crippen molar-refractivity contribution < 1.29 is 18.7 Å². The molecule has 3 aromatic rings. The van der Waals surface area contributed by atoms with Crippen molar-refractivity contribution in [2.75, 3.05) is 31.7 Å². The summed E-state index contributed by atoms with van der Waals surface area (Å²) < 4.78 is 26.8. The van der Waals surface area contributed by atoms with Crippen molar-refractivity contribution in [3.8, 4) is 0 Å². The number of hydrogen-bond acceptors (Lipinski definition) is 9. The minimum absolute atomic E-state index is 0.0751. The van der Waals surface area contributed by atoms with Crippen LogP contribution in [-0.4, -0.2) is 46.0 Å². The first-order valence-electron chi connectivity index (χ1n) is 10.6. The lowest BCUT2D eigenvalue weighted by atomic mass is 10.1. The van der Waals surface area contributed by atoms with Gasteiger partial charge in [0.15, 0.2) is 10.8 Å². The van der Waals surface area contributed by atoms with Gasteiger partial charge >= 0.3 is 7.60 Å². The molecule has 1 atom stereocenters. The number of anilines is 1. The lowest BCUT2D eigenvalue weighted by molar-refractivity contribution is 0.212. The van der Waals surface area contributed by atoms with Crippen LogP contribution in [0.1, 0.15) is 43.4 Å². The number of nitrogens with zero attached hydrogens (tertiary/aromatic N) is 3. The highest BCUT2D eigenvalue weighted by Crippen LogP contribution is 2.60. The first-order chi connectivity index (χ1) is 15.8. The molecular formula is C21H28ClN4O5PS. The minimum atomic E-state index is -3.62. The quantitative estimate of drug-likeness (QED) is 0.357. The van der Waals surface area contributed by atoms with E-state index in [4.69, 9.17) is 25.8 Å². The molecule has 1 unspecified atom stereocenters. The van der Waals surface area contributed by atoms with Crippen molar-refractivity contribution in [2.45, 2.75) is 39.9 Å². The van der Waals surface area contributed by atoms with Crippen LogP contribution in [-0.2, 0) is 20.2 Å². The van der Waals surface area contributed by atoms with E-state index in [1.807, 2.05) is 19.1 Å². The van der Waals surface area contributed by atoms with E-state index in [0.717, 1.165) is 22.5 Å². The third-order valence-corrected chi connectivity index (χ3v) is 8.93. The van der Waals surface area contributed by atoms with E-state index in [-0.39, 0.29) is 25.6 Å². The Morgan fingerprint density at radius 1 is 1.27 bits per heavy atom. The number of benzene rings is 1. The van der Waals surface area contributed by atoms with Crippen molar-refractivity contribution in [1.29, 1.82) is 0 Å². The third kappa shape index (κ3) is 5.48. The first kappa shape index (κ1) is 25.8. The van der Waals surface area contributed by atoms with Crippen LogP contribution >= 0.6 is 30.5 Å². The van der Waals surface area contributed by atoms with Gasteiger partial charge in [0.25, 0.3) is 5.56 Å². The summed E-state index contributed by atoms with van der Waals surface area (Å²) in [7, 11) is -3.62. The monoisotopic (exact) mass is 514 g/mol. The molecule has 0 saturated carbocycles. The lowest BCUT2D eigenvalue weighted by Crippen LogP contribution is -2.22. The maximum absolute atomic E-state index is 13.6. The molecule has 0 bridgehead atoms. The minimum Gasteiger partial charge on any atom is -0.395 e. The third-order valence-electron chi connectivity index (χ3n) is 5.11. The Kier molecular flexibility index (Phi) is 8.66. The second kappa shape index (κ2) is 11.1. The maximum Gasteiger partial charge on any atom is 0.340 e. The van der Waals surface area contributed by atoms with Gasteiger partial charge in [-0.05, 0) is 44.9 Å². The molecule has 2 aromatic heterocycles. The van der Waals surface area contributed by atoms with E-state index < -0.39 is 18.8 Å². The highest BCUT2D eigenvalue weighted by molar-refractivity contribution is 7.54. The van der Waals surface area contributed by atoms with Gasteiger partial charge in [0.2, 0.25) is 0 Å². The number of aliphatic hydroxyl groups is 1. The van der Waals surface area contributed by atoms with Crippen LogP contribution in [0.4, 0.5) is 5.13 Å². The van der Waals surface area contributed by atoms with Crippen molar-refractivity contribution in [1.82, 2.24) is 14.5 Å². The Hall–Kier alpha value is -1.81. The summed E-state index contributed by atoms with van der Waals surface area (Å²) >= 11 is 7.49. The molecule has 0 saturated heterocycles. The van der Waals surface area contributed by atoms with Crippen LogP contribution < -0.4 is 10.9 Å². The first-order valence-corrected chi connectivity index (χ1v) is 13.4. The molecule has 33 heavy (non-hydrogen) atoms. The number of fused-ring (bicyclic) bond motifs is 1. The second-order valence-electron chi connectivity index (χ2n) is 7.26. The number of halogens is 1. The number of aromatic nitrogens is 3. The Morgan fingerprint density at radius 3 is 2.61 bits per heavy atom. The average Bonchev–Trinajstić information content (AvgIpc) is 3.22. The van der Waals surface area contributed by atoms with Crippen molar-refractivity contribution in [3.63, 3.8) is 0 Å². The smallest absolute Gasteiger partial charge is 0.340 e. The van der Waals surface area contributed by atoms with Crippen molar-refractivity contribution in [3.05, 3.63) is 50.5 Å². The second-order valence-corrected chi connectivity index (χ2v) is 11.0. The molecule has 0 fully saturated rings. The largest absolute Gasteiger partial charge is 0.395 e. The predicted octanol–water partition coefficient (Wildman–Crippen LogP) is 4.59. The summed E-state index contributed by atoms with van der Waals surface area (Å²) in [6.45, 7) is 7.95. The lowest BCUT2D eigenvalue weighted by Gasteiger charge is -2.25. The average molecular weight is 515 g/mol. The van der Waals surface area contributed by atoms with Gasteiger partial charge in [-0.1, -0.05) is 35.1 Å². The predicted molar refractivity (Wildman–Crippen MR) is 132 cm³/mol. The summed E-state index contributed by atoms with van der Waals surface area (Å²) in [5, 5.41) is 13.2. The molecule has 0 aliphatic carbocycles. The highest BCUT2D eigenvalue weighted by atomic mass is 35.5. The number of nitrogens with one attached hydrogen (secondary N) is 1. The van der Waals surface area contributed by atoms with Gasteiger partial charge < -0.3 is 24.0 Å². The summed E-state index contributed by atoms with van der Waals surface area (Å²) in [6.07, 6.45) is 0. The topological polar surface area (TPSA) is 116 Å².